The Morgan fingerprint density at radius 2 is 0.776 bits per heavy atom. The lowest BCUT2D eigenvalue weighted by Gasteiger charge is -2.29. The smallest absolute Gasteiger partial charge is 0.143 e. The number of rotatable bonds is 7. The first-order chi connectivity index (χ1) is 24.3. The number of ether oxygens (including phenoxy) is 1. The number of nitrogens with zero attached hydrogens (tertiary/aromatic N) is 2. The molecule has 9 rings (SSSR count). The van der Waals surface area contributed by atoms with Crippen LogP contribution in [0.4, 0.5) is 34.1 Å². The van der Waals surface area contributed by atoms with Crippen molar-refractivity contribution in [1.82, 2.24) is 0 Å². The third kappa shape index (κ3) is 5.18. The molecule has 0 aliphatic carbocycles. The summed E-state index contributed by atoms with van der Waals surface area (Å²) in [5, 5.41) is 2.28. The minimum atomic E-state index is 0.857. The van der Waals surface area contributed by atoms with E-state index in [0.29, 0.717) is 0 Å². The molecule has 0 saturated heterocycles. The second kappa shape index (κ2) is 12.2. The summed E-state index contributed by atoms with van der Waals surface area (Å²) in [6.07, 6.45) is 0. The molecule has 8 aromatic carbocycles. The van der Waals surface area contributed by atoms with Gasteiger partial charge in [0.1, 0.15) is 11.5 Å². The largest absolute Gasteiger partial charge is 0.455 e. The molecule has 1 aliphatic rings. The summed E-state index contributed by atoms with van der Waals surface area (Å²) in [5.74, 6) is 1.73. The van der Waals surface area contributed by atoms with Crippen LogP contribution in [0.5, 0.6) is 11.5 Å². The van der Waals surface area contributed by atoms with Gasteiger partial charge in [0.25, 0.3) is 0 Å². The number of benzene rings is 8. The van der Waals surface area contributed by atoms with Crippen molar-refractivity contribution in [2.75, 3.05) is 9.80 Å². The molecule has 0 N–H and O–H groups in total. The van der Waals surface area contributed by atoms with E-state index >= 15 is 0 Å². The number of para-hydroxylation sites is 5. The molecule has 3 nitrogen and oxygen atoms in total. The molecule has 1 heterocycles. The fourth-order valence-corrected chi connectivity index (χ4v) is 7.00. The van der Waals surface area contributed by atoms with Crippen molar-refractivity contribution in [3.05, 3.63) is 194 Å². The van der Waals surface area contributed by atoms with E-state index in [2.05, 4.69) is 204 Å². The van der Waals surface area contributed by atoms with Gasteiger partial charge in [-0.15, -0.1) is 0 Å². The van der Waals surface area contributed by atoms with Gasteiger partial charge in [-0.25, -0.2) is 0 Å². The highest BCUT2D eigenvalue weighted by molar-refractivity contribution is 6.07. The Morgan fingerprint density at radius 1 is 0.327 bits per heavy atom. The Hall–Kier alpha value is -6.58. The van der Waals surface area contributed by atoms with Crippen molar-refractivity contribution in [3.8, 4) is 33.8 Å². The van der Waals surface area contributed by atoms with E-state index in [-0.39, 0.29) is 0 Å². The van der Waals surface area contributed by atoms with Crippen molar-refractivity contribution in [2.45, 2.75) is 0 Å². The molecule has 1 aliphatic heterocycles. The molecule has 49 heavy (non-hydrogen) atoms. The summed E-state index contributed by atoms with van der Waals surface area (Å²) in [6, 6.07) is 68.3. The summed E-state index contributed by atoms with van der Waals surface area (Å²) in [6.45, 7) is 0. The lowest BCUT2D eigenvalue weighted by atomic mass is 9.91. The van der Waals surface area contributed by atoms with E-state index in [0.717, 1.165) is 73.1 Å². The monoisotopic (exact) mass is 628 g/mol. The van der Waals surface area contributed by atoms with Gasteiger partial charge in [0.05, 0.1) is 5.69 Å². The predicted octanol–water partition coefficient (Wildman–Crippen LogP) is 13.2. The maximum Gasteiger partial charge on any atom is 0.143 e. The third-order valence-electron chi connectivity index (χ3n) is 9.19. The fourth-order valence-electron chi connectivity index (χ4n) is 7.00. The summed E-state index contributed by atoms with van der Waals surface area (Å²) < 4.78 is 6.98. The average Bonchev–Trinajstić information content (AvgIpc) is 3.17. The highest BCUT2D eigenvalue weighted by Gasteiger charge is 2.25. The molecule has 0 aromatic heterocycles. The SMILES string of the molecule is c1ccc(N(c2ccccc2)c2ccc(-c3cccc4c3Oc3cc(N(c5ccccc5)c5ccccc5)cc5cccc-4c35)cc2)cc1. The van der Waals surface area contributed by atoms with Crippen LogP contribution in [0.15, 0.2) is 194 Å². The minimum Gasteiger partial charge on any atom is -0.455 e. The van der Waals surface area contributed by atoms with E-state index in [1.54, 1.807) is 0 Å². The van der Waals surface area contributed by atoms with Crippen LogP contribution in [0, 0.1) is 0 Å². The maximum atomic E-state index is 6.98. The van der Waals surface area contributed by atoms with Crippen LogP contribution in [0.25, 0.3) is 33.0 Å². The molecule has 0 saturated carbocycles. The molecule has 0 unspecified atom stereocenters. The minimum absolute atomic E-state index is 0.857. The maximum absolute atomic E-state index is 6.98. The van der Waals surface area contributed by atoms with Gasteiger partial charge in [0, 0.05) is 51.0 Å². The van der Waals surface area contributed by atoms with Crippen molar-refractivity contribution >= 4 is 44.9 Å². The Labute approximate surface area is 286 Å². The summed E-state index contributed by atoms with van der Waals surface area (Å²) >= 11 is 0. The third-order valence-corrected chi connectivity index (χ3v) is 9.19. The fraction of sp³-hybridized carbons (Fsp3) is 0. The van der Waals surface area contributed by atoms with Crippen LogP contribution in [0.1, 0.15) is 0 Å². The highest BCUT2D eigenvalue weighted by atomic mass is 16.5. The Morgan fingerprint density at radius 3 is 1.33 bits per heavy atom. The van der Waals surface area contributed by atoms with Crippen LogP contribution in [0.3, 0.4) is 0 Å². The number of anilines is 6. The van der Waals surface area contributed by atoms with Crippen molar-refractivity contribution in [1.29, 1.82) is 0 Å². The number of hydrogen-bond donors (Lipinski definition) is 0. The second-order valence-electron chi connectivity index (χ2n) is 12.2. The zero-order chi connectivity index (χ0) is 32.6. The lowest BCUT2D eigenvalue weighted by Crippen LogP contribution is -2.10. The molecule has 8 aromatic rings. The molecule has 0 radical (unpaired) electrons. The summed E-state index contributed by atoms with van der Waals surface area (Å²) in [7, 11) is 0. The van der Waals surface area contributed by atoms with Crippen LogP contribution >= 0.6 is 0 Å². The van der Waals surface area contributed by atoms with Gasteiger partial charge in [-0.2, -0.15) is 0 Å². The zero-order valence-corrected chi connectivity index (χ0v) is 26.8. The van der Waals surface area contributed by atoms with E-state index in [1.807, 2.05) is 0 Å². The Kier molecular flexibility index (Phi) is 7.14. The second-order valence-corrected chi connectivity index (χ2v) is 12.2. The first-order valence-corrected chi connectivity index (χ1v) is 16.6. The van der Waals surface area contributed by atoms with E-state index in [4.69, 9.17) is 4.74 Å². The molecule has 232 valence electrons. The molecular formula is C46H32N2O. The van der Waals surface area contributed by atoms with Gasteiger partial charge < -0.3 is 14.5 Å². The molecule has 0 amide bonds. The number of fused-ring (bicyclic) bond motifs is 2. The molecule has 3 heteroatoms. The predicted molar refractivity (Wildman–Crippen MR) is 204 cm³/mol. The Bertz CT molecular complexity index is 2310. The van der Waals surface area contributed by atoms with Gasteiger partial charge in [-0.3, -0.25) is 0 Å². The van der Waals surface area contributed by atoms with Crippen LogP contribution in [-0.2, 0) is 0 Å². The van der Waals surface area contributed by atoms with Crippen LogP contribution < -0.4 is 14.5 Å². The lowest BCUT2D eigenvalue weighted by molar-refractivity contribution is 0.489. The quantitative estimate of drug-likeness (QED) is 0.175. The zero-order valence-electron chi connectivity index (χ0n) is 26.8. The van der Waals surface area contributed by atoms with Crippen LogP contribution in [-0.4, -0.2) is 0 Å². The van der Waals surface area contributed by atoms with E-state index < -0.39 is 0 Å². The Balaban J connectivity index is 1.14. The molecular weight excluding hydrogens is 597 g/mol. The van der Waals surface area contributed by atoms with Crippen molar-refractivity contribution in [3.63, 3.8) is 0 Å². The molecule has 0 fully saturated rings. The normalized spacial score (nSPS) is 11.4. The van der Waals surface area contributed by atoms with Gasteiger partial charge in [0.2, 0.25) is 0 Å². The highest BCUT2D eigenvalue weighted by Crippen LogP contribution is 2.52. The first kappa shape index (κ1) is 28.6. The molecule has 0 bridgehead atoms. The molecule has 0 atom stereocenters. The first-order valence-electron chi connectivity index (χ1n) is 16.6. The van der Waals surface area contributed by atoms with Gasteiger partial charge in [-0.1, -0.05) is 121 Å². The molecule has 0 spiro atoms. The van der Waals surface area contributed by atoms with Crippen molar-refractivity contribution in [2.24, 2.45) is 0 Å². The summed E-state index contributed by atoms with van der Waals surface area (Å²) in [5.41, 5.74) is 11.0. The number of hydrogen-bond acceptors (Lipinski definition) is 3. The van der Waals surface area contributed by atoms with Crippen LogP contribution in [0.2, 0.25) is 0 Å². The van der Waals surface area contributed by atoms with Crippen molar-refractivity contribution < 1.29 is 4.74 Å². The average molecular weight is 629 g/mol. The van der Waals surface area contributed by atoms with E-state index in [9.17, 15) is 0 Å². The van der Waals surface area contributed by atoms with Gasteiger partial charge in [-0.05, 0) is 83.2 Å². The van der Waals surface area contributed by atoms with Gasteiger partial charge >= 0.3 is 0 Å². The van der Waals surface area contributed by atoms with E-state index in [1.165, 1.54) is 5.56 Å². The van der Waals surface area contributed by atoms with Gasteiger partial charge in [0.15, 0.2) is 0 Å². The summed E-state index contributed by atoms with van der Waals surface area (Å²) in [4.78, 5) is 4.57. The standard InChI is InChI=1S/C46H32N2O/c1-5-16-35(17-6-1)47(36-18-7-2-8-19-36)39-29-27-33(28-30-39)41-24-14-26-43-42-25-13-15-34-31-40(32-44(45(34)42)49-46(41)43)48(37-20-9-3-10-21-37)38-22-11-4-12-23-38/h1-32H. The topological polar surface area (TPSA) is 15.7 Å².